The molecule has 1 aliphatic rings. The minimum atomic E-state index is -0.494. The van der Waals surface area contributed by atoms with Crippen LogP contribution in [0, 0.1) is 0 Å². The number of methoxy groups -OCH3 is 1. The van der Waals surface area contributed by atoms with Crippen LogP contribution >= 0.6 is 0 Å². The topological polar surface area (TPSA) is 156 Å². The Morgan fingerprint density at radius 1 is 0.701 bits per heavy atom. The van der Waals surface area contributed by atoms with Gasteiger partial charge in [0.05, 0.1) is 24.8 Å². The largest absolute Gasteiger partial charge is 0.474 e. The van der Waals surface area contributed by atoms with Crippen molar-refractivity contribution in [3.63, 3.8) is 0 Å². The van der Waals surface area contributed by atoms with Gasteiger partial charge in [-0.05, 0) is 116 Å². The van der Waals surface area contributed by atoms with Crippen molar-refractivity contribution >= 4 is 41.0 Å². The van der Waals surface area contributed by atoms with E-state index in [0.29, 0.717) is 42.3 Å². The van der Waals surface area contributed by atoms with Gasteiger partial charge in [-0.3, -0.25) is 24.1 Å². The lowest BCUT2D eigenvalue weighted by atomic mass is 10.0. The van der Waals surface area contributed by atoms with Crippen molar-refractivity contribution in [2.75, 3.05) is 37.9 Å². The molecule has 13 heteroatoms. The highest BCUT2D eigenvalue weighted by molar-refractivity contribution is 6.11. The number of ether oxygens (including phenoxy) is 3. The first-order valence-electron chi connectivity index (χ1n) is 23.3. The van der Waals surface area contributed by atoms with Gasteiger partial charge < -0.3 is 29.7 Å². The van der Waals surface area contributed by atoms with Crippen molar-refractivity contribution in [2.45, 2.75) is 103 Å². The molecule has 0 bridgehead atoms. The maximum Gasteiger partial charge on any atom is 0.337 e. The molecule has 0 unspecified atom stereocenters. The summed E-state index contributed by atoms with van der Waals surface area (Å²) in [6, 6.07) is 35.4. The molecule has 352 valence electrons. The molecular formula is C54H63N5O8. The Kier molecular flexibility index (Phi) is 18.6. The number of hydrogen-bond acceptors (Lipinski definition) is 10. The van der Waals surface area contributed by atoms with E-state index in [-0.39, 0.29) is 54.9 Å². The molecule has 1 saturated carbocycles. The number of aromatic nitrogens is 1. The van der Waals surface area contributed by atoms with Crippen molar-refractivity contribution in [3.8, 4) is 5.88 Å². The summed E-state index contributed by atoms with van der Waals surface area (Å²) in [4.78, 5) is 73.7. The lowest BCUT2D eigenvalue weighted by molar-refractivity contribution is -0.147. The molecule has 6 rings (SSSR count). The van der Waals surface area contributed by atoms with E-state index >= 15 is 0 Å². The van der Waals surface area contributed by atoms with Crippen LogP contribution in [0.25, 0.3) is 0 Å². The first kappa shape index (κ1) is 49.6. The van der Waals surface area contributed by atoms with E-state index in [1.54, 1.807) is 42.3 Å². The van der Waals surface area contributed by atoms with Crippen LogP contribution in [0.3, 0.4) is 0 Å². The molecule has 0 saturated heterocycles. The second-order valence-electron chi connectivity index (χ2n) is 17.0. The number of carbonyl (C=O) groups excluding carboxylic acids is 5. The summed E-state index contributed by atoms with van der Waals surface area (Å²) in [5, 5.41) is 5.90. The SMILES string of the molecule is CCC(CC)N(CCN(C)C(=O)CCC(=O)OCc1ccccc1)Cc1cccc(C(=O)Nc2ccc(OC3CCCC3)nc2C(=O)Nc2ccc(CCc3ccc(C(=O)OC)cc3)cc2)c1. The van der Waals surface area contributed by atoms with Crippen molar-refractivity contribution in [2.24, 2.45) is 0 Å². The lowest BCUT2D eigenvalue weighted by Crippen LogP contribution is -2.41. The van der Waals surface area contributed by atoms with Gasteiger partial charge in [-0.2, -0.15) is 0 Å². The van der Waals surface area contributed by atoms with Gasteiger partial charge in [0.15, 0.2) is 5.69 Å². The van der Waals surface area contributed by atoms with Gasteiger partial charge in [0.2, 0.25) is 11.8 Å². The maximum atomic E-state index is 14.0. The van der Waals surface area contributed by atoms with Gasteiger partial charge in [-0.1, -0.05) is 80.6 Å². The number of aryl methyl sites for hydroxylation is 2. The molecule has 0 radical (unpaired) electrons. The van der Waals surface area contributed by atoms with Gasteiger partial charge in [0.1, 0.15) is 12.7 Å². The van der Waals surface area contributed by atoms with E-state index < -0.39 is 17.8 Å². The van der Waals surface area contributed by atoms with Crippen LogP contribution in [-0.4, -0.2) is 83.8 Å². The number of anilines is 2. The second kappa shape index (κ2) is 25.2. The summed E-state index contributed by atoms with van der Waals surface area (Å²) in [6.45, 7) is 6.06. The molecule has 1 aliphatic carbocycles. The highest BCUT2D eigenvalue weighted by Crippen LogP contribution is 2.27. The average molecular weight is 910 g/mol. The highest BCUT2D eigenvalue weighted by Gasteiger charge is 2.23. The number of nitrogens with zero attached hydrogens (tertiary/aromatic N) is 3. The third-order valence-corrected chi connectivity index (χ3v) is 12.2. The number of likely N-dealkylation sites (N-methyl/N-ethyl adjacent to an activating group) is 1. The number of amides is 3. The first-order valence-corrected chi connectivity index (χ1v) is 23.3. The van der Waals surface area contributed by atoms with Gasteiger partial charge in [0, 0.05) is 56.5 Å². The van der Waals surface area contributed by atoms with E-state index in [4.69, 9.17) is 14.2 Å². The predicted molar refractivity (Wildman–Crippen MR) is 259 cm³/mol. The molecule has 1 aromatic heterocycles. The molecule has 3 amide bonds. The first-order chi connectivity index (χ1) is 32.5. The zero-order valence-electron chi connectivity index (χ0n) is 39.1. The monoisotopic (exact) mass is 909 g/mol. The van der Waals surface area contributed by atoms with Crippen molar-refractivity contribution in [1.29, 1.82) is 0 Å². The van der Waals surface area contributed by atoms with Crippen molar-refractivity contribution < 1.29 is 38.2 Å². The summed E-state index contributed by atoms with van der Waals surface area (Å²) in [5.41, 5.74) is 5.75. The average Bonchev–Trinajstić information content (AvgIpc) is 3.88. The minimum absolute atomic E-state index is 0.0101. The Balaban J connectivity index is 1.08. The van der Waals surface area contributed by atoms with Crippen molar-refractivity contribution in [1.82, 2.24) is 14.8 Å². The molecule has 0 atom stereocenters. The normalized spacial score (nSPS) is 12.4. The number of esters is 2. The number of benzene rings is 4. The molecule has 1 fully saturated rings. The zero-order chi connectivity index (χ0) is 47.5. The minimum Gasteiger partial charge on any atom is -0.474 e. The Morgan fingerprint density at radius 3 is 2.04 bits per heavy atom. The van der Waals surface area contributed by atoms with Crippen LogP contribution < -0.4 is 15.4 Å². The van der Waals surface area contributed by atoms with Crippen LogP contribution in [0.15, 0.2) is 115 Å². The van der Waals surface area contributed by atoms with Gasteiger partial charge in [-0.15, -0.1) is 0 Å². The predicted octanol–water partition coefficient (Wildman–Crippen LogP) is 9.45. The Bertz CT molecular complexity index is 2420. The fraction of sp³-hybridized carbons (Fsp3) is 0.370. The Hall–Kier alpha value is -6.86. The third kappa shape index (κ3) is 15.1. The zero-order valence-corrected chi connectivity index (χ0v) is 39.1. The highest BCUT2D eigenvalue weighted by atomic mass is 16.5. The fourth-order valence-corrected chi connectivity index (χ4v) is 8.17. The molecule has 13 nitrogen and oxygen atoms in total. The van der Waals surface area contributed by atoms with Crippen LogP contribution in [0.4, 0.5) is 11.4 Å². The fourth-order valence-electron chi connectivity index (χ4n) is 8.17. The number of nitrogens with one attached hydrogen (secondary N) is 2. The molecule has 5 aromatic rings. The quantitative estimate of drug-likeness (QED) is 0.0606. The summed E-state index contributed by atoms with van der Waals surface area (Å²) in [5.74, 6) is -1.48. The van der Waals surface area contributed by atoms with E-state index in [0.717, 1.165) is 73.6 Å². The third-order valence-electron chi connectivity index (χ3n) is 12.2. The number of pyridine rings is 1. The van der Waals surface area contributed by atoms with Crippen LogP contribution in [0.2, 0.25) is 0 Å². The summed E-state index contributed by atoms with van der Waals surface area (Å²) in [6.07, 6.45) is 7.41. The van der Waals surface area contributed by atoms with E-state index in [9.17, 15) is 24.0 Å². The molecular weight excluding hydrogens is 847 g/mol. The van der Waals surface area contributed by atoms with Crippen molar-refractivity contribution in [3.05, 3.63) is 154 Å². The van der Waals surface area contributed by atoms with Crippen LogP contribution in [0.5, 0.6) is 5.88 Å². The Labute approximate surface area is 394 Å². The van der Waals surface area contributed by atoms with E-state index in [1.165, 1.54) is 7.11 Å². The van der Waals surface area contributed by atoms with E-state index in [2.05, 4.69) is 34.4 Å². The molecule has 0 spiro atoms. The summed E-state index contributed by atoms with van der Waals surface area (Å²) < 4.78 is 16.3. The van der Waals surface area contributed by atoms with Gasteiger partial charge in [0.25, 0.3) is 11.8 Å². The lowest BCUT2D eigenvalue weighted by Gasteiger charge is -2.32. The molecule has 67 heavy (non-hydrogen) atoms. The molecule has 0 aliphatic heterocycles. The second-order valence-corrected chi connectivity index (χ2v) is 17.0. The van der Waals surface area contributed by atoms with Gasteiger partial charge >= 0.3 is 11.9 Å². The number of hydrogen-bond donors (Lipinski definition) is 2. The molecule has 1 heterocycles. The molecule has 4 aromatic carbocycles. The van der Waals surface area contributed by atoms with Crippen LogP contribution in [-0.2, 0) is 45.1 Å². The maximum absolute atomic E-state index is 14.0. The number of rotatable bonds is 23. The standard InChI is InChI=1S/C54H63N5O8/c1-5-45(6-2)59(34-33-58(3)49(60)31-32-50(61)66-37-40-13-8-7-9-14-40)36-41-15-12-16-43(35-41)52(62)56-47-29-30-48(67-46-17-10-11-18-46)57-51(47)53(63)55-44-27-23-39(24-28-44)20-19-38-21-25-42(26-22-38)54(64)65-4/h7-9,12-16,21-30,35,45-46H,5-6,10-11,17-20,31-34,36-37H2,1-4H3,(H,55,63)(H,56,62). The molecule has 2 N–H and O–H groups in total. The number of carbonyl (C=O) groups is 5. The van der Waals surface area contributed by atoms with E-state index in [1.807, 2.05) is 84.9 Å². The summed E-state index contributed by atoms with van der Waals surface area (Å²) in [7, 11) is 3.11. The smallest absolute Gasteiger partial charge is 0.337 e. The van der Waals surface area contributed by atoms with Crippen LogP contribution in [0.1, 0.15) is 119 Å². The Morgan fingerprint density at radius 2 is 1.37 bits per heavy atom. The van der Waals surface area contributed by atoms with Gasteiger partial charge in [-0.25, -0.2) is 9.78 Å². The summed E-state index contributed by atoms with van der Waals surface area (Å²) >= 11 is 0.